The molecule has 0 saturated heterocycles. The van der Waals surface area contributed by atoms with Gasteiger partial charge in [0.1, 0.15) is 11.6 Å². The summed E-state index contributed by atoms with van der Waals surface area (Å²) in [5.41, 5.74) is 1.15. The van der Waals surface area contributed by atoms with E-state index < -0.39 is 5.82 Å². The molecule has 0 aliphatic carbocycles. The van der Waals surface area contributed by atoms with Crippen molar-refractivity contribution in [2.75, 3.05) is 5.32 Å². The van der Waals surface area contributed by atoms with E-state index in [4.69, 9.17) is 23.2 Å². The van der Waals surface area contributed by atoms with Crippen molar-refractivity contribution in [1.82, 2.24) is 0 Å². The van der Waals surface area contributed by atoms with E-state index in [2.05, 4.69) is 5.32 Å². The van der Waals surface area contributed by atoms with Crippen LogP contribution in [-0.4, -0.2) is 10.2 Å². The predicted molar refractivity (Wildman–Crippen MR) is 73.5 cm³/mol. The molecule has 0 aliphatic rings. The van der Waals surface area contributed by atoms with E-state index in [1.165, 1.54) is 24.3 Å². The van der Waals surface area contributed by atoms with E-state index in [1.807, 2.05) is 0 Å². The molecule has 6 heteroatoms. The van der Waals surface area contributed by atoms with Crippen molar-refractivity contribution in [3.05, 3.63) is 51.8 Å². The van der Waals surface area contributed by atoms with E-state index in [1.54, 1.807) is 0 Å². The van der Waals surface area contributed by atoms with Gasteiger partial charge in [-0.2, -0.15) is 0 Å². The first-order valence-corrected chi connectivity index (χ1v) is 6.11. The Morgan fingerprint density at radius 2 is 1.63 bits per heavy atom. The number of aromatic hydroxyl groups is 2. The summed E-state index contributed by atoms with van der Waals surface area (Å²) in [6.07, 6.45) is 0. The summed E-state index contributed by atoms with van der Waals surface area (Å²) in [7, 11) is 0. The zero-order valence-corrected chi connectivity index (χ0v) is 11.1. The maximum Gasteiger partial charge on any atom is 0.152 e. The zero-order valence-electron chi connectivity index (χ0n) is 9.62. The second-order valence-electron chi connectivity index (χ2n) is 3.96. The molecule has 2 aromatic rings. The molecule has 19 heavy (non-hydrogen) atoms. The van der Waals surface area contributed by atoms with Gasteiger partial charge in [-0.3, -0.25) is 0 Å². The average molecular weight is 302 g/mol. The molecular formula is C13H10Cl2FNO2. The molecule has 2 rings (SSSR count). The van der Waals surface area contributed by atoms with Gasteiger partial charge in [0.15, 0.2) is 5.75 Å². The van der Waals surface area contributed by atoms with Gasteiger partial charge in [-0.15, -0.1) is 0 Å². The van der Waals surface area contributed by atoms with E-state index in [9.17, 15) is 14.6 Å². The molecule has 0 amide bonds. The highest BCUT2D eigenvalue weighted by Gasteiger charge is 2.07. The topological polar surface area (TPSA) is 52.5 Å². The smallest absolute Gasteiger partial charge is 0.152 e. The Morgan fingerprint density at radius 3 is 2.21 bits per heavy atom. The lowest BCUT2D eigenvalue weighted by Gasteiger charge is -2.09. The summed E-state index contributed by atoms with van der Waals surface area (Å²) in [5, 5.41) is 21.9. The number of rotatable bonds is 3. The Balaban J connectivity index is 2.14. The molecule has 0 bridgehead atoms. The highest BCUT2D eigenvalue weighted by molar-refractivity contribution is 6.37. The van der Waals surface area contributed by atoms with Gasteiger partial charge in [-0.25, -0.2) is 4.39 Å². The molecule has 100 valence electrons. The molecule has 0 unspecified atom stereocenters. The lowest BCUT2D eigenvalue weighted by atomic mass is 10.2. The van der Waals surface area contributed by atoms with Crippen LogP contribution in [0.25, 0.3) is 0 Å². The van der Waals surface area contributed by atoms with Gasteiger partial charge in [0.25, 0.3) is 0 Å². The lowest BCUT2D eigenvalue weighted by molar-refractivity contribution is 0.468. The molecule has 0 aromatic heterocycles. The van der Waals surface area contributed by atoms with Crippen LogP contribution < -0.4 is 5.32 Å². The molecule has 0 radical (unpaired) electrons. The maximum absolute atomic E-state index is 13.1. The quantitative estimate of drug-likeness (QED) is 0.746. The highest BCUT2D eigenvalue weighted by atomic mass is 35.5. The Hall–Kier alpha value is -1.65. The van der Waals surface area contributed by atoms with Gasteiger partial charge in [-0.05, 0) is 29.8 Å². The first-order chi connectivity index (χ1) is 8.95. The van der Waals surface area contributed by atoms with Crippen LogP contribution in [0.1, 0.15) is 5.56 Å². The van der Waals surface area contributed by atoms with Crippen LogP contribution in [0.4, 0.5) is 10.1 Å². The lowest BCUT2D eigenvalue weighted by Crippen LogP contribution is -2.00. The fourth-order valence-electron chi connectivity index (χ4n) is 1.61. The highest BCUT2D eigenvalue weighted by Crippen LogP contribution is 2.34. The predicted octanol–water partition coefficient (Wildman–Crippen LogP) is 4.16. The van der Waals surface area contributed by atoms with Gasteiger partial charge in [0.05, 0.1) is 10.0 Å². The number of halogens is 3. The summed E-state index contributed by atoms with van der Waals surface area (Å²) >= 11 is 11.6. The number of phenolic OH excluding ortho intramolecular Hbond substituents is 2. The van der Waals surface area contributed by atoms with Crippen LogP contribution >= 0.6 is 23.2 Å². The van der Waals surface area contributed by atoms with Crippen LogP contribution in [0.15, 0.2) is 30.3 Å². The summed E-state index contributed by atoms with van der Waals surface area (Å²) in [6, 6.07) is 6.78. The first kappa shape index (κ1) is 13.8. The van der Waals surface area contributed by atoms with Gasteiger partial charge in [0, 0.05) is 18.3 Å². The third-order valence-electron chi connectivity index (χ3n) is 2.46. The Bertz CT molecular complexity index is 576. The van der Waals surface area contributed by atoms with Crippen LogP contribution in [-0.2, 0) is 6.54 Å². The molecule has 3 N–H and O–H groups in total. The van der Waals surface area contributed by atoms with Crippen molar-refractivity contribution in [3.8, 4) is 11.5 Å². The van der Waals surface area contributed by atoms with Crippen molar-refractivity contribution in [2.24, 2.45) is 0 Å². The second-order valence-corrected chi connectivity index (χ2v) is 4.77. The Kier molecular flexibility index (Phi) is 4.02. The minimum absolute atomic E-state index is 0.122. The van der Waals surface area contributed by atoms with E-state index >= 15 is 0 Å². The Labute approximate surface area is 119 Å². The number of hydrogen-bond donors (Lipinski definition) is 3. The number of nitrogens with one attached hydrogen (secondary N) is 1. The molecule has 0 saturated carbocycles. The standard InChI is InChI=1S/C13H10Cl2FNO2/c14-11-4-9(5-12(15)13(11)19)17-6-7-1-8(16)3-10(18)2-7/h1-5,17-19H,6H2. The van der Waals surface area contributed by atoms with Crippen LogP contribution in [0.5, 0.6) is 11.5 Å². The van der Waals surface area contributed by atoms with Crippen molar-refractivity contribution in [3.63, 3.8) is 0 Å². The summed E-state index contributed by atoms with van der Waals surface area (Å²) in [6.45, 7) is 0.281. The molecule has 0 spiro atoms. The molecule has 0 aliphatic heterocycles. The van der Waals surface area contributed by atoms with Gasteiger partial charge in [-0.1, -0.05) is 23.2 Å². The fraction of sp³-hybridized carbons (Fsp3) is 0.0769. The minimum Gasteiger partial charge on any atom is -0.508 e. The number of anilines is 1. The zero-order chi connectivity index (χ0) is 14.0. The molecule has 0 atom stereocenters. The first-order valence-electron chi connectivity index (χ1n) is 5.36. The summed E-state index contributed by atoms with van der Waals surface area (Å²) in [4.78, 5) is 0. The Morgan fingerprint density at radius 1 is 1.00 bits per heavy atom. The number of phenols is 2. The normalized spacial score (nSPS) is 10.5. The van der Waals surface area contributed by atoms with Gasteiger partial charge in [0.2, 0.25) is 0 Å². The van der Waals surface area contributed by atoms with Crippen molar-refractivity contribution in [1.29, 1.82) is 0 Å². The summed E-state index contributed by atoms with van der Waals surface area (Å²) < 4.78 is 13.1. The third-order valence-corrected chi connectivity index (χ3v) is 3.03. The van der Waals surface area contributed by atoms with Crippen LogP contribution in [0, 0.1) is 5.82 Å². The number of benzene rings is 2. The average Bonchev–Trinajstić information content (AvgIpc) is 2.32. The van der Waals surface area contributed by atoms with Crippen LogP contribution in [0.2, 0.25) is 10.0 Å². The fourth-order valence-corrected chi connectivity index (χ4v) is 2.09. The van der Waals surface area contributed by atoms with E-state index in [-0.39, 0.29) is 28.1 Å². The monoisotopic (exact) mass is 301 g/mol. The SMILES string of the molecule is Oc1cc(F)cc(CNc2cc(Cl)c(O)c(Cl)c2)c1. The minimum atomic E-state index is -0.515. The largest absolute Gasteiger partial charge is 0.508 e. The second kappa shape index (κ2) is 5.55. The molecular weight excluding hydrogens is 292 g/mol. The van der Waals surface area contributed by atoms with Gasteiger partial charge < -0.3 is 15.5 Å². The van der Waals surface area contributed by atoms with Crippen molar-refractivity contribution in [2.45, 2.75) is 6.54 Å². The molecule has 3 nitrogen and oxygen atoms in total. The van der Waals surface area contributed by atoms with Crippen LogP contribution in [0.3, 0.4) is 0 Å². The molecule has 0 fully saturated rings. The van der Waals surface area contributed by atoms with E-state index in [0.29, 0.717) is 11.3 Å². The van der Waals surface area contributed by atoms with Gasteiger partial charge >= 0.3 is 0 Å². The van der Waals surface area contributed by atoms with Crippen molar-refractivity contribution >= 4 is 28.9 Å². The molecule has 2 aromatic carbocycles. The third kappa shape index (κ3) is 3.43. The molecule has 0 heterocycles. The maximum atomic E-state index is 13.1. The van der Waals surface area contributed by atoms with E-state index in [0.717, 1.165) is 6.07 Å². The van der Waals surface area contributed by atoms with Crippen molar-refractivity contribution < 1.29 is 14.6 Å². The summed E-state index contributed by atoms with van der Waals surface area (Å²) in [5.74, 6) is -0.838. The number of hydrogen-bond acceptors (Lipinski definition) is 3.